The molecule has 94 valence electrons. The molecule has 1 fully saturated rings. The van der Waals surface area contributed by atoms with Gasteiger partial charge in [0.05, 0.1) is 7.11 Å². The molecule has 0 bridgehead atoms. The molecule has 0 saturated heterocycles. The molecule has 1 saturated carbocycles. The predicted octanol–water partition coefficient (Wildman–Crippen LogP) is 3.10. The second kappa shape index (κ2) is 4.30. The van der Waals surface area contributed by atoms with E-state index in [4.69, 9.17) is 10.5 Å². The molecular weight excluding hydrogens is 217 g/mol. The molecule has 2 N–H and O–H groups in total. The number of para-hydroxylation sites is 1. The highest BCUT2D eigenvalue weighted by Gasteiger charge is 2.49. The van der Waals surface area contributed by atoms with Gasteiger partial charge in [-0.1, -0.05) is 18.2 Å². The Bertz CT molecular complexity index is 411. The molecule has 0 aromatic heterocycles. The SMILES string of the molecule is COc1c(C(C)F)cccc1C1(C(C)N)CC1. The fourth-order valence-electron chi connectivity index (χ4n) is 2.59. The highest BCUT2D eigenvalue weighted by atomic mass is 19.1. The summed E-state index contributed by atoms with van der Waals surface area (Å²) < 4.78 is 19.0. The van der Waals surface area contributed by atoms with Crippen molar-refractivity contribution >= 4 is 0 Å². The van der Waals surface area contributed by atoms with Crippen molar-refractivity contribution in [3.05, 3.63) is 29.3 Å². The van der Waals surface area contributed by atoms with Gasteiger partial charge in [-0.05, 0) is 26.7 Å². The number of alkyl halides is 1. The van der Waals surface area contributed by atoms with Gasteiger partial charge in [0.15, 0.2) is 0 Å². The van der Waals surface area contributed by atoms with Crippen LogP contribution in [0.15, 0.2) is 18.2 Å². The highest BCUT2D eigenvalue weighted by molar-refractivity contribution is 5.50. The molecule has 1 aromatic rings. The lowest BCUT2D eigenvalue weighted by Gasteiger charge is -2.24. The van der Waals surface area contributed by atoms with Crippen molar-refractivity contribution in [2.24, 2.45) is 5.73 Å². The molecule has 1 aliphatic rings. The first-order valence-electron chi connectivity index (χ1n) is 6.10. The maximum Gasteiger partial charge on any atom is 0.128 e. The Balaban J connectivity index is 2.51. The number of hydrogen-bond acceptors (Lipinski definition) is 2. The number of nitrogens with two attached hydrogens (primary N) is 1. The molecule has 17 heavy (non-hydrogen) atoms. The van der Waals surface area contributed by atoms with Crippen LogP contribution in [0.1, 0.15) is 44.0 Å². The van der Waals surface area contributed by atoms with Crippen molar-refractivity contribution in [3.63, 3.8) is 0 Å². The van der Waals surface area contributed by atoms with Gasteiger partial charge in [0.25, 0.3) is 0 Å². The Labute approximate surface area is 102 Å². The number of halogens is 1. The lowest BCUT2D eigenvalue weighted by Crippen LogP contribution is -2.32. The standard InChI is InChI=1S/C14H20FNO/c1-9(15)11-5-4-6-12(13(11)17-3)14(7-8-14)10(2)16/h4-6,9-10H,7-8,16H2,1-3H3. The second-order valence-corrected chi connectivity index (χ2v) is 4.99. The van der Waals surface area contributed by atoms with Crippen LogP contribution in [-0.2, 0) is 5.41 Å². The maximum atomic E-state index is 13.6. The van der Waals surface area contributed by atoms with E-state index in [-0.39, 0.29) is 11.5 Å². The van der Waals surface area contributed by atoms with Gasteiger partial charge in [-0.3, -0.25) is 0 Å². The van der Waals surface area contributed by atoms with Crippen molar-refractivity contribution in [1.29, 1.82) is 0 Å². The van der Waals surface area contributed by atoms with Crippen LogP contribution in [0.4, 0.5) is 4.39 Å². The average Bonchev–Trinajstić information content (AvgIpc) is 3.08. The Morgan fingerprint density at radius 2 is 2.00 bits per heavy atom. The van der Waals surface area contributed by atoms with E-state index in [2.05, 4.69) is 0 Å². The molecule has 0 spiro atoms. The van der Waals surface area contributed by atoms with Crippen molar-refractivity contribution in [1.82, 2.24) is 0 Å². The zero-order chi connectivity index (χ0) is 12.6. The molecule has 0 heterocycles. The van der Waals surface area contributed by atoms with Crippen molar-refractivity contribution in [2.75, 3.05) is 7.11 Å². The number of benzene rings is 1. The zero-order valence-electron chi connectivity index (χ0n) is 10.7. The largest absolute Gasteiger partial charge is 0.496 e. The van der Waals surface area contributed by atoms with Crippen molar-refractivity contribution in [2.45, 2.75) is 44.3 Å². The fraction of sp³-hybridized carbons (Fsp3) is 0.571. The summed E-state index contributed by atoms with van der Waals surface area (Å²) in [6.45, 7) is 3.55. The van der Waals surface area contributed by atoms with E-state index in [9.17, 15) is 4.39 Å². The molecule has 2 atom stereocenters. The molecule has 2 unspecified atom stereocenters. The van der Waals surface area contributed by atoms with Crippen LogP contribution < -0.4 is 10.5 Å². The Hall–Kier alpha value is -1.09. The summed E-state index contributed by atoms with van der Waals surface area (Å²) >= 11 is 0. The maximum absolute atomic E-state index is 13.6. The van der Waals surface area contributed by atoms with Crippen molar-refractivity contribution in [3.8, 4) is 5.75 Å². The molecule has 2 nitrogen and oxygen atoms in total. The fourth-order valence-corrected chi connectivity index (χ4v) is 2.59. The quantitative estimate of drug-likeness (QED) is 0.873. The van der Waals surface area contributed by atoms with E-state index < -0.39 is 6.17 Å². The van der Waals surface area contributed by atoms with E-state index in [0.29, 0.717) is 11.3 Å². The number of rotatable bonds is 4. The van der Waals surface area contributed by atoms with Crippen LogP contribution in [0.25, 0.3) is 0 Å². The molecule has 0 aliphatic heterocycles. The third-order valence-electron chi connectivity index (χ3n) is 3.87. The number of hydrogen-bond donors (Lipinski definition) is 1. The monoisotopic (exact) mass is 237 g/mol. The van der Waals surface area contributed by atoms with Crippen LogP contribution in [0.5, 0.6) is 5.75 Å². The average molecular weight is 237 g/mol. The first kappa shape index (κ1) is 12.4. The van der Waals surface area contributed by atoms with Gasteiger partial charge in [0.2, 0.25) is 0 Å². The molecule has 0 radical (unpaired) electrons. The number of ether oxygens (including phenoxy) is 1. The van der Waals surface area contributed by atoms with Gasteiger partial charge < -0.3 is 10.5 Å². The number of methoxy groups -OCH3 is 1. The summed E-state index contributed by atoms with van der Waals surface area (Å²) in [4.78, 5) is 0. The van der Waals surface area contributed by atoms with Gasteiger partial charge in [0.1, 0.15) is 11.9 Å². The molecule has 3 heteroatoms. The smallest absolute Gasteiger partial charge is 0.128 e. The van der Waals surface area contributed by atoms with E-state index in [0.717, 1.165) is 18.4 Å². The topological polar surface area (TPSA) is 35.2 Å². The summed E-state index contributed by atoms with van der Waals surface area (Å²) in [7, 11) is 1.60. The zero-order valence-corrected chi connectivity index (χ0v) is 10.7. The van der Waals surface area contributed by atoms with Gasteiger partial charge in [-0.25, -0.2) is 4.39 Å². The van der Waals surface area contributed by atoms with Crippen LogP contribution in [-0.4, -0.2) is 13.2 Å². The molecule has 1 aliphatic carbocycles. The van der Waals surface area contributed by atoms with E-state index >= 15 is 0 Å². The van der Waals surface area contributed by atoms with Gasteiger partial charge in [-0.15, -0.1) is 0 Å². The van der Waals surface area contributed by atoms with Crippen LogP contribution in [0.3, 0.4) is 0 Å². The lowest BCUT2D eigenvalue weighted by atomic mass is 9.87. The Morgan fingerprint density at radius 1 is 1.35 bits per heavy atom. The molecule has 1 aromatic carbocycles. The minimum absolute atomic E-state index is 0.00373. The van der Waals surface area contributed by atoms with Crippen LogP contribution in [0, 0.1) is 0 Å². The van der Waals surface area contributed by atoms with Gasteiger partial charge >= 0.3 is 0 Å². The lowest BCUT2D eigenvalue weighted by molar-refractivity contribution is 0.340. The minimum atomic E-state index is -1.02. The molecular formula is C14H20FNO. The van der Waals surface area contributed by atoms with Crippen LogP contribution in [0.2, 0.25) is 0 Å². The Morgan fingerprint density at radius 3 is 2.41 bits per heavy atom. The predicted molar refractivity (Wildman–Crippen MR) is 67.1 cm³/mol. The third-order valence-corrected chi connectivity index (χ3v) is 3.87. The van der Waals surface area contributed by atoms with Crippen LogP contribution >= 0.6 is 0 Å². The van der Waals surface area contributed by atoms with E-state index in [1.165, 1.54) is 6.92 Å². The first-order chi connectivity index (χ1) is 8.03. The summed E-state index contributed by atoms with van der Waals surface area (Å²) in [5.41, 5.74) is 7.75. The normalized spacial score (nSPS) is 20.8. The van der Waals surface area contributed by atoms with Crippen molar-refractivity contribution < 1.29 is 9.13 Å². The van der Waals surface area contributed by atoms with E-state index in [1.807, 2.05) is 19.1 Å². The molecule has 2 rings (SSSR count). The Kier molecular flexibility index (Phi) is 3.13. The van der Waals surface area contributed by atoms with Gasteiger partial charge in [0, 0.05) is 22.6 Å². The summed E-state index contributed by atoms with van der Waals surface area (Å²) in [6, 6.07) is 5.76. The van der Waals surface area contributed by atoms with Gasteiger partial charge in [-0.2, -0.15) is 0 Å². The summed E-state index contributed by atoms with van der Waals surface area (Å²) in [5.74, 6) is 0.678. The minimum Gasteiger partial charge on any atom is -0.496 e. The first-order valence-corrected chi connectivity index (χ1v) is 6.10. The summed E-state index contributed by atoms with van der Waals surface area (Å²) in [5, 5.41) is 0. The van der Waals surface area contributed by atoms with E-state index in [1.54, 1.807) is 13.2 Å². The molecule has 0 amide bonds. The summed E-state index contributed by atoms with van der Waals surface area (Å²) in [6.07, 6.45) is 1.10. The second-order valence-electron chi connectivity index (χ2n) is 4.99. The highest BCUT2D eigenvalue weighted by Crippen LogP contribution is 2.54. The third kappa shape index (κ3) is 1.93.